The Balaban J connectivity index is 1.47. The lowest BCUT2D eigenvalue weighted by Crippen LogP contribution is -1.98. The van der Waals surface area contributed by atoms with Crippen LogP contribution in [0.4, 0.5) is 0 Å². The summed E-state index contributed by atoms with van der Waals surface area (Å²) in [5.74, 6) is 2.36. The van der Waals surface area contributed by atoms with E-state index < -0.39 is 0 Å². The van der Waals surface area contributed by atoms with E-state index in [0.717, 1.165) is 11.0 Å². The van der Waals surface area contributed by atoms with Crippen molar-refractivity contribution in [3.05, 3.63) is 41.7 Å². The second-order valence-electron chi connectivity index (χ2n) is 4.77. The Bertz CT molecular complexity index is 537. The van der Waals surface area contributed by atoms with Crippen molar-refractivity contribution in [1.29, 1.82) is 0 Å². The Hall–Kier alpha value is -1.33. The molecule has 4 nitrogen and oxygen atoms in total. The van der Waals surface area contributed by atoms with Gasteiger partial charge in [-0.25, -0.2) is 0 Å². The number of nitrogens with zero attached hydrogens (tertiary/aromatic N) is 3. The van der Waals surface area contributed by atoms with Gasteiger partial charge in [0.2, 0.25) is 0 Å². The molecule has 0 N–H and O–H groups in total. The molecule has 1 saturated carbocycles. The minimum absolute atomic E-state index is 0.603. The van der Waals surface area contributed by atoms with Gasteiger partial charge in [-0.3, -0.25) is 0 Å². The molecule has 19 heavy (non-hydrogen) atoms. The lowest BCUT2D eigenvalue weighted by molar-refractivity contribution is 0.169. The van der Waals surface area contributed by atoms with E-state index in [-0.39, 0.29) is 0 Å². The van der Waals surface area contributed by atoms with Crippen molar-refractivity contribution in [3.8, 4) is 0 Å². The molecule has 5 heteroatoms. The van der Waals surface area contributed by atoms with Crippen LogP contribution in [0.5, 0.6) is 0 Å². The van der Waals surface area contributed by atoms with E-state index in [1.807, 2.05) is 25.2 Å². The summed E-state index contributed by atoms with van der Waals surface area (Å²) >= 11 is 1.60. The van der Waals surface area contributed by atoms with Crippen LogP contribution in [0.3, 0.4) is 0 Å². The van der Waals surface area contributed by atoms with Gasteiger partial charge in [0.25, 0.3) is 0 Å². The summed E-state index contributed by atoms with van der Waals surface area (Å²) in [7, 11) is 2.03. The highest BCUT2D eigenvalue weighted by Gasteiger charge is 2.29. The molecular formula is C14H17N3OS. The molecule has 0 aliphatic heterocycles. The molecule has 1 fully saturated rings. The molecule has 0 unspecified atom stereocenters. The van der Waals surface area contributed by atoms with Gasteiger partial charge in [0, 0.05) is 13.0 Å². The molecule has 0 spiro atoms. The molecule has 2 aromatic rings. The van der Waals surface area contributed by atoms with Crippen molar-refractivity contribution in [1.82, 2.24) is 14.8 Å². The number of rotatable bonds is 6. The molecule has 0 amide bonds. The zero-order valence-corrected chi connectivity index (χ0v) is 11.8. The summed E-state index contributed by atoms with van der Waals surface area (Å²) in [6.45, 7) is 0.640. The summed E-state index contributed by atoms with van der Waals surface area (Å²) in [6.07, 6.45) is 2.50. The Morgan fingerprint density at radius 1 is 1.26 bits per heavy atom. The third kappa shape index (κ3) is 3.16. The van der Waals surface area contributed by atoms with Crippen LogP contribution in [0.25, 0.3) is 0 Å². The van der Waals surface area contributed by atoms with Crippen LogP contribution >= 0.6 is 11.8 Å². The van der Waals surface area contributed by atoms with Crippen molar-refractivity contribution in [2.45, 2.75) is 30.5 Å². The number of aromatic nitrogens is 3. The average molecular weight is 275 g/mol. The van der Waals surface area contributed by atoms with Crippen molar-refractivity contribution in [2.24, 2.45) is 7.05 Å². The fourth-order valence-electron chi connectivity index (χ4n) is 1.98. The molecule has 3 rings (SSSR count). The number of ether oxygens (including phenoxy) is 1. The van der Waals surface area contributed by atoms with Crippen LogP contribution in [0.2, 0.25) is 0 Å². The standard InChI is InChI=1S/C14H17N3OS/c1-17-13(12-7-8-12)15-16-14(17)19-10-18-9-11-5-3-2-4-6-11/h2-6,12H,7-10H2,1H3. The van der Waals surface area contributed by atoms with Crippen molar-refractivity contribution >= 4 is 11.8 Å². The lowest BCUT2D eigenvalue weighted by atomic mass is 10.2. The van der Waals surface area contributed by atoms with Crippen LogP contribution in [-0.4, -0.2) is 20.7 Å². The smallest absolute Gasteiger partial charge is 0.193 e. The topological polar surface area (TPSA) is 39.9 Å². The summed E-state index contributed by atoms with van der Waals surface area (Å²) < 4.78 is 7.74. The Kier molecular flexibility index (Phi) is 3.84. The molecule has 0 bridgehead atoms. The molecule has 1 heterocycles. The minimum atomic E-state index is 0.603. The lowest BCUT2D eigenvalue weighted by Gasteiger charge is -2.04. The monoisotopic (exact) mass is 275 g/mol. The molecular weight excluding hydrogens is 258 g/mol. The summed E-state index contributed by atoms with van der Waals surface area (Å²) in [4.78, 5) is 0. The summed E-state index contributed by atoms with van der Waals surface area (Å²) in [5.41, 5.74) is 1.19. The molecule has 0 radical (unpaired) electrons. The first kappa shape index (κ1) is 12.7. The molecule has 0 atom stereocenters. The van der Waals surface area contributed by atoms with Gasteiger partial charge >= 0.3 is 0 Å². The Morgan fingerprint density at radius 3 is 2.79 bits per heavy atom. The third-order valence-electron chi connectivity index (χ3n) is 3.19. The predicted molar refractivity (Wildman–Crippen MR) is 74.9 cm³/mol. The summed E-state index contributed by atoms with van der Waals surface area (Å²) in [5, 5.41) is 9.41. The minimum Gasteiger partial charge on any atom is -0.366 e. The summed E-state index contributed by atoms with van der Waals surface area (Å²) in [6, 6.07) is 10.2. The van der Waals surface area contributed by atoms with Gasteiger partial charge in [0.15, 0.2) is 5.16 Å². The van der Waals surface area contributed by atoms with Gasteiger partial charge in [-0.05, 0) is 18.4 Å². The van der Waals surface area contributed by atoms with Crippen LogP contribution in [-0.2, 0) is 18.4 Å². The quantitative estimate of drug-likeness (QED) is 0.461. The van der Waals surface area contributed by atoms with E-state index >= 15 is 0 Å². The molecule has 1 aliphatic carbocycles. The maximum absolute atomic E-state index is 5.65. The van der Waals surface area contributed by atoms with Gasteiger partial charge in [-0.15, -0.1) is 10.2 Å². The largest absolute Gasteiger partial charge is 0.366 e. The average Bonchev–Trinajstić information content (AvgIpc) is 3.21. The van der Waals surface area contributed by atoms with Gasteiger partial charge in [-0.1, -0.05) is 42.1 Å². The SMILES string of the molecule is Cn1c(SCOCc2ccccc2)nnc1C1CC1. The van der Waals surface area contributed by atoms with Gasteiger partial charge in [0.05, 0.1) is 6.61 Å². The van der Waals surface area contributed by atoms with Gasteiger partial charge in [-0.2, -0.15) is 0 Å². The van der Waals surface area contributed by atoms with Crippen LogP contribution < -0.4 is 0 Å². The van der Waals surface area contributed by atoms with Crippen molar-refractivity contribution < 1.29 is 4.74 Å². The van der Waals surface area contributed by atoms with E-state index in [2.05, 4.69) is 26.9 Å². The highest BCUT2D eigenvalue weighted by Crippen LogP contribution is 2.39. The second kappa shape index (κ2) is 5.75. The fraction of sp³-hybridized carbons (Fsp3) is 0.429. The maximum Gasteiger partial charge on any atom is 0.193 e. The highest BCUT2D eigenvalue weighted by atomic mass is 32.2. The molecule has 1 aromatic heterocycles. The first-order valence-corrected chi connectivity index (χ1v) is 7.47. The maximum atomic E-state index is 5.65. The molecule has 1 aliphatic rings. The van der Waals surface area contributed by atoms with Gasteiger partial charge < -0.3 is 9.30 Å². The molecule has 1 aromatic carbocycles. The second-order valence-corrected chi connectivity index (χ2v) is 5.66. The molecule has 0 saturated heterocycles. The van der Waals surface area contributed by atoms with E-state index in [9.17, 15) is 0 Å². The van der Waals surface area contributed by atoms with Crippen LogP contribution in [0.1, 0.15) is 30.1 Å². The zero-order chi connectivity index (χ0) is 13.1. The fourth-order valence-corrected chi connectivity index (χ4v) is 2.63. The Labute approximate surface area is 117 Å². The third-order valence-corrected chi connectivity index (χ3v) is 4.09. The van der Waals surface area contributed by atoms with E-state index in [1.54, 1.807) is 11.8 Å². The zero-order valence-electron chi connectivity index (χ0n) is 11.0. The molecule has 100 valence electrons. The predicted octanol–water partition coefficient (Wildman–Crippen LogP) is 2.96. The normalized spacial score (nSPS) is 14.8. The van der Waals surface area contributed by atoms with E-state index in [1.165, 1.54) is 18.4 Å². The number of benzene rings is 1. The van der Waals surface area contributed by atoms with Crippen molar-refractivity contribution in [2.75, 3.05) is 5.94 Å². The number of hydrogen-bond donors (Lipinski definition) is 0. The highest BCUT2D eigenvalue weighted by molar-refractivity contribution is 7.99. The first-order valence-electron chi connectivity index (χ1n) is 6.48. The first-order chi connectivity index (χ1) is 9.34. The number of thioether (sulfide) groups is 1. The van der Waals surface area contributed by atoms with Crippen LogP contribution in [0.15, 0.2) is 35.5 Å². The number of hydrogen-bond acceptors (Lipinski definition) is 4. The van der Waals surface area contributed by atoms with Gasteiger partial charge in [0.1, 0.15) is 11.8 Å². The van der Waals surface area contributed by atoms with E-state index in [4.69, 9.17) is 4.74 Å². The van der Waals surface area contributed by atoms with Crippen molar-refractivity contribution in [3.63, 3.8) is 0 Å². The van der Waals surface area contributed by atoms with Crippen LogP contribution in [0, 0.1) is 0 Å². The Morgan fingerprint density at radius 2 is 2.05 bits per heavy atom. The van der Waals surface area contributed by atoms with E-state index in [0.29, 0.717) is 18.5 Å².